The fraction of sp³-hybridized carbons (Fsp3) is 0.762. The highest BCUT2D eigenvalue weighted by molar-refractivity contribution is 5.83. The van der Waals surface area contributed by atoms with Crippen molar-refractivity contribution in [1.82, 2.24) is 16.0 Å². The first-order chi connectivity index (χ1) is 14.5. The molecule has 3 aliphatic heterocycles. The molecule has 30 heavy (non-hydrogen) atoms. The normalized spacial score (nSPS) is 30.8. The van der Waals surface area contributed by atoms with Crippen LogP contribution in [0.25, 0.3) is 0 Å². The summed E-state index contributed by atoms with van der Waals surface area (Å²) < 4.78 is 11.8. The van der Waals surface area contributed by atoms with Gasteiger partial charge in [-0.15, -0.1) is 0 Å². The molecule has 2 bridgehead atoms. The van der Waals surface area contributed by atoms with E-state index in [1.807, 2.05) is 13.0 Å². The van der Waals surface area contributed by atoms with E-state index < -0.39 is 5.97 Å². The molecule has 0 radical (unpaired) electrons. The molecule has 0 aromatic heterocycles. The van der Waals surface area contributed by atoms with Gasteiger partial charge in [0, 0.05) is 25.4 Å². The first-order valence-corrected chi connectivity index (χ1v) is 11.0. The van der Waals surface area contributed by atoms with Gasteiger partial charge in [-0.1, -0.05) is 25.5 Å². The Kier molecular flexibility index (Phi) is 8.09. The lowest BCUT2D eigenvalue weighted by Crippen LogP contribution is -2.45. The topological polar surface area (TPSA) is 129 Å². The third-order valence-corrected chi connectivity index (χ3v) is 6.01. The number of fused-ring (bicyclic) bond motifs is 5. The van der Waals surface area contributed by atoms with Crippen molar-refractivity contribution in [2.75, 3.05) is 19.6 Å². The monoisotopic (exact) mass is 423 g/mol. The number of hydrogen-bond donors (Lipinski definition) is 4. The van der Waals surface area contributed by atoms with Crippen LogP contribution in [0.3, 0.4) is 0 Å². The molecule has 3 aliphatic rings. The van der Waals surface area contributed by atoms with E-state index in [4.69, 9.17) is 14.6 Å². The Balaban J connectivity index is 1.39. The lowest BCUT2D eigenvalue weighted by atomic mass is 9.77. The SMILES string of the molecule is CCCCNC(=O)NCC(=O)NC[C@@H]1[C@H](C/C=C\CCCC(=O)O)[C@H]2O[C@@H]1[C@H]1O[C@H]12. The maximum absolute atomic E-state index is 12.1. The predicted molar refractivity (Wildman–Crippen MR) is 109 cm³/mol. The molecule has 168 valence electrons. The van der Waals surface area contributed by atoms with Crippen LogP contribution in [0.2, 0.25) is 0 Å². The number of carboxylic acids is 1. The van der Waals surface area contributed by atoms with Crippen LogP contribution in [-0.4, -0.2) is 67.1 Å². The van der Waals surface area contributed by atoms with Crippen LogP contribution in [0.15, 0.2) is 12.2 Å². The Morgan fingerprint density at radius 1 is 0.933 bits per heavy atom. The average molecular weight is 424 g/mol. The van der Waals surface area contributed by atoms with Gasteiger partial charge >= 0.3 is 12.0 Å². The van der Waals surface area contributed by atoms with Crippen LogP contribution >= 0.6 is 0 Å². The zero-order chi connectivity index (χ0) is 21.5. The second-order valence-corrected chi connectivity index (χ2v) is 8.22. The third-order valence-electron chi connectivity index (χ3n) is 6.01. The van der Waals surface area contributed by atoms with E-state index in [9.17, 15) is 14.4 Å². The van der Waals surface area contributed by atoms with Crippen molar-refractivity contribution in [1.29, 1.82) is 0 Å². The van der Waals surface area contributed by atoms with Crippen LogP contribution in [0.5, 0.6) is 0 Å². The Hall–Kier alpha value is -2.13. The maximum atomic E-state index is 12.1. The van der Waals surface area contributed by atoms with Gasteiger partial charge in [-0.2, -0.15) is 0 Å². The zero-order valence-corrected chi connectivity index (χ0v) is 17.5. The third kappa shape index (κ3) is 5.95. The van der Waals surface area contributed by atoms with Crippen LogP contribution < -0.4 is 16.0 Å². The number of allylic oxidation sites excluding steroid dienone is 2. The minimum atomic E-state index is -0.773. The summed E-state index contributed by atoms with van der Waals surface area (Å²) >= 11 is 0. The highest BCUT2D eigenvalue weighted by Gasteiger charge is 2.68. The van der Waals surface area contributed by atoms with E-state index in [2.05, 4.69) is 22.0 Å². The molecule has 0 saturated carbocycles. The quantitative estimate of drug-likeness (QED) is 0.200. The van der Waals surface area contributed by atoms with Gasteiger partial charge in [-0.05, 0) is 31.6 Å². The van der Waals surface area contributed by atoms with Crippen molar-refractivity contribution in [2.45, 2.75) is 69.9 Å². The summed E-state index contributed by atoms with van der Waals surface area (Å²) in [6, 6.07) is -0.331. The van der Waals surface area contributed by atoms with Gasteiger partial charge < -0.3 is 30.5 Å². The molecule has 0 aromatic carbocycles. The molecule has 0 unspecified atom stereocenters. The second kappa shape index (κ2) is 10.8. The minimum absolute atomic E-state index is 0.0102. The summed E-state index contributed by atoms with van der Waals surface area (Å²) in [5, 5.41) is 16.9. The Bertz CT molecular complexity index is 655. The number of urea groups is 1. The predicted octanol–water partition coefficient (Wildman–Crippen LogP) is 1.18. The summed E-state index contributed by atoms with van der Waals surface area (Å²) in [6.45, 7) is 3.07. The van der Waals surface area contributed by atoms with Crippen molar-refractivity contribution in [3.05, 3.63) is 12.2 Å². The van der Waals surface area contributed by atoms with Gasteiger partial charge in [-0.3, -0.25) is 9.59 Å². The van der Waals surface area contributed by atoms with E-state index >= 15 is 0 Å². The van der Waals surface area contributed by atoms with Crippen molar-refractivity contribution < 1.29 is 29.0 Å². The lowest BCUT2D eigenvalue weighted by molar-refractivity contribution is -0.137. The molecule has 9 nitrogen and oxygen atoms in total. The largest absolute Gasteiger partial charge is 0.481 e. The zero-order valence-electron chi connectivity index (χ0n) is 17.5. The van der Waals surface area contributed by atoms with E-state index in [1.54, 1.807) is 0 Å². The molecular formula is C21H33N3O6. The number of unbranched alkanes of at least 4 members (excludes halogenated alkanes) is 2. The average Bonchev–Trinajstić information content (AvgIpc) is 3.34. The number of rotatable bonds is 13. The standard InChI is InChI=1S/C21H33N3O6/c1-2-3-10-22-21(28)24-12-15(25)23-11-14-13(8-6-4-5-7-9-16(26)27)17-19-20(30-19)18(14)29-17/h4,6,13-14,17-20H,2-3,5,7-12H2,1H3,(H,23,25)(H,26,27)(H2,22,24,28)/b6-4-/t13-,14+,17+,18-,19-,20+/m0/s1. The molecule has 0 aromatic rings. The van der Waals surface area contributed by atoms with Gasteiger partial charge in [0.2, 0.25) is 5.91 Å². The van der Waals surface area contributed by atoms with Crippen LogP contribution in [0.1, 0.15) is 45.4 Å². The van der Waals surface area contributed by atoms with Crippen molar-refractivity contribution in [3.8, 4) is 0 Å². The molecule has 4 N–H and O–H groups in total. The van der Waals surface area contributed by atoms with E-state index in [0.717, 1.165) is 25.7 Å². The summed E-state index contributed by atoms with van der Waals surface area (Å²) in [7, 11) is 0. The number of nitrogens with one attached hydrogen (secondary N) is 3. The summed E-state index contributed by atoms with van der Waals surface area (Å²) in [6.07, 6.45) is 8.79. The molecule has 3 rings (SSSR count). The van der Waals surface area contributed by atoms with Crippen LogP contribution in [0.4, 0.5) is 4.79 Å². The van der Waals surface area contributed by atoms with Gasteiger partial charge in [0.25, 0.3) is 0 Å². The number of amides is 3. The van der Waals surface area contributed by atoms with Crippen LogP contribution in [-0.2, 0) is 19.1 Å². The second-order valence-electron chi connectivity index (χ2n) is 8.22. The Morgan fingerprint density at radius 3 is 2.40 bits per heavy atom. The van der Waals surface area contributed by atoms with Crippen molar-refractivity contribution in [3.63, 3.8) is 0 Å². The lowest BCUT2D eigenvalue weighted by Gasteiger charge is -2.25. The summed E-state index contributed by atoms with van der Waals surface area (Å²) in [5.74, 6) is -0.560. The number of hydrogen-bond acceptors (Lipinski definition) is 5. The highest BCUT2D eigenvalue weighted by Crippen LogP contribution is 2.54. The number of carbonyl (C=O) groups excluding carboxylic acids is 2. The molecule has 0 spiro atoms. The van der Waals surface area contributed by atoms with Gasteiger partial charge in [0.05, 0.1) is 18.8 Å². The fourth-order valence-corrected chi connectivity index (χ4v) is 4.39. The fourth-order valence-electron chi connectivity index (χ4n) is 4.39. The molecule has 3 heterocycles. The van der Waals surface area contributed by atoms with Gasteiger partial charge in [0.15, 0.2) is 0 Å². The summed E-state index contributed by atoms with van der Waals surface area (Å²) in [5.41, 5.74) is 0. The number of aliphatic carboxylic acids is 1. The van der Waals surface area contributed by atoms with Gasteiger partial charge in [0.1, 0.15) is 12.2 Å². The maximum Gasteiger partial charge on any atom is 0.315 e. The molecule has 3 amide bonds. The minimum Gasteiger partial charge on any atom is -0.481 e. The Morgan fingerprint density at radius 2 is 1.67 bits per heavy atom. The molecular weight excluding hydrogens is 390 g/mol. The first-order valence-electron chi connectivity index (χ1n) is 11.0. The van der Waals surface area contributed by atoms with E-state index in [-0.39, 0.29) is 61.2 Å². The smallest absolute Gasteiger partial charge is 0.315 e. The van der Waals surface area contributed by atoms with E-state index in [1.165, 1.54) is 0 Å². The number of epoxide rings is 1. The highest BCUT2D eigenvalue weighted by atomic mass is 16.7. The molecule has 3 fully saturated rings. The Labute approximate surface area is 176 Å². The van der Waals surface area contributed by atoms with E-state index in [0.29, 0.717) is 19.5 Å². The number of carbonyl (C=O) groups is 3. The molecule has 9 heteroatoms. The van der Waals surface area contributed by atoms with Gasteiger partial charge in [-0.25, -0.2) is 4.79 Å². The number of ether oxygens (including phenoxy) is 2. The summed E-state index contributed by atoms with van der Waals surface area (Å²) in [4.78, 5) is 34.3. The first kappa shape index (κ1) is 22.6. The van der Waals surface area contributed by atoms with Crippen molar-refractivity contribution in [2.24, 2.45) is 11.8 Å². The number of carboxylic acid groups (broad SMARTS) is 1. The molecule has 0 aliphatic carbocycles. The molecule has 6 atom stereocenters. The van der Waals surface area contributed by atoms with Crippen LogP contribution in [0, 0.1) is 11.8 Å². The molecule has 3 saturated heterocycles. The van der Waals surface area contributed by atoms with Crippen molar-refractivity contribution >= 4 is 17.9 Å².